The summed E-state index contributed by atoms with van der Waals surface area (Å²) >= 11 is 5.96. The van der Waals surface area contributed by atoms with Crippen LogP contribution in [-0.4, -0.2) is 19.8 Å². The number of ether oxygens (including phenoxy) is 2. The molecule has 0 fully saturated rings. The number of halogens is 1. The molecular weight excluding hydrogens is 202 g/mol. The van der Waals surface area contributed by atoms with Crippen LogP contribution in [0.5, 0.6) is 11.5 Å². The molecule has 0 bridgehead atoms. The van der Waals surface area contributed by atoms with Crippen molar-refractivity contribution in [1.82, 2.24) is 0 Å². The molecule has 0 radical (unpaired) electrons. The van der Waals surface area contributed by atoms with Crippen LogP contribution in [0.2, 0.25) is 5.02 Å². The topological polar surface area (TPSA) is 44.5 Å². The summed E-state index contributed by atoms with van der Waals surface area (Å²) in [4.78, 5) is 0. The van der Waals surface area contributed by atoms with E-state index in [1.807, 2.05) is 6.92 Å². The maximum Gasteiger partial charge on any atom is 0.138 e. The van der Waals surface area contributed by atoms with Crippen LogP contribution in [0.4, 0.5) is 0 Å². The molecule has 1 aromatic carbocycles. The molecule has 0 saturated heterocycles. The van der Waals surface area contributed by atoms with E-state index in [9.17, 15) is 0 Å². The fraction of sp³-hybridized carbons (Fsp3) is 0.400. The number of benzene rings is 1. The molecule has 0 amide bonds. The zero-order valence-electron chi connectivity index (χ0n) is 8.29. The van der Waals surface area contributed by atoms with Crippen molar-refractivity contribution in [3.05, 3.63) is 23.2 Å². The van der Waals surface area contributed by atoms with Gasteiger partial charge in [-0.2, -0.15) is 0 Å². The summed E-state index contributed by atoms with van der Waals surface area (Å²) in [5, 5.41) is 0.532. The Morgan fingerprint density at radius 1 is 1.50 bits per heavy atom. The van der Waals surface area contributed by atoms with Crippen LogP contribution in [0.15, 0.2) is 18.2 Å². The lowest BCUT2D eigenvalue weighted by molar-refractivity contribution is 0.230. The first-order valence-corrected chi connectivity index (χ1v) is 4.75. The highest BCUT2D eigenvalue weighted by molar-refractivity contribution is 6.32. The molecule has 4 heteroatoms. The van der Waals surface area contributed by atoms with Gasteiger partial charge in [-0.25, -0.2) is 0 Å². The fourth-order valence-corrected chi connectivity index (χ4v) is 1.18. The molecule has 1 atom stereocenters. The lowest BCUT2D eigenvalue weighted by Crippen LogP contribution is -2.22. The monoisotopic (exact) mass is 215 g/mol. The largest absolute Gasteiger partial charge is 0.497 e. The van der Waals surface area contributed by atoms with E-state index in [1.54, 1.807) is 25.3 Å². The zero-order chi connectivity index (χ0) is 10.6. The first kappa shape index (κ1) is 11.1. The quantitative estimate of drug-likeness (QED) is 0.837. The third-order valence-corrected chi connectivity index (χ3v) is 2.09. The summed E-state index contributed by atoms with van der Waals surface area (Å²) < 4.78 is 10.5. The zero-order valence-corrected chi connectivity index (χ0v) is 9.04. The molecule has 3 nitrogen and oxygen atoms in total. The van der Waals surface area contributed by atoms with Crippen molar-refractivity contribution in [3.63, 3.8) is 0 Å². The third-order valence-electron chi connectivity index (χ3n) is 1.80. The Hall–Kier alpha value is -0.930. The summed E-state index contributed by atoms with van der Waals surface area (Å²) in [7, 11) is 1.59. The number of hydrogen-bond acceptors (Lipinski definition) is 3. The molecule has 2 N–H and O–H groups in total. The van der Waals surface area contributed by atoms with Crippen LogP contribution in [0.1, 0.15) is 6.92 Å². The summed E-state index contributed by atoms with van der Waals surface area (Å²) in [6, 6.07) is 5.28. The molecule has 1 rings (SSSR count). The molecule has 0 aliphatic heterocycles. The lowest BCUT2D eigenvalue weighted by atomic mass is 10.3. The van der Waals surface area contributed by atoms with Crippen molar-refractivity contribution in [1.29, 1.82) is 0 Å². The van der Waals surface area contributed by atoms with Gasteiger partial charge in [-0.05, 0) is 19.1 Å². The Morgan fingerprint density at radius 2 is 2.21 bits per heavy atom. The van der Waals surface area contributed by atoms with Crippen LogP contribution in [0, 0.1) is 0 Å². The highest BCUT2D eigenvalue weighted by atomic mass is 35.5. The highest BCUT2D eigenvalue weighted by Crippen LogP contribution is 2.29. The van der Waals surface area contributed by atoms with Crippen LogP contribution >= 0.6 is 11.6 Å². The van der Waals surface area contributed by atoms with Crippen molar-refractivity contribution in [2.75, 3.05) is 13.7 Å². The average Bonchev–Trinajstić information content (AvgIpc) is 2.20. The van der Waals surface area contributed by atoms with Crippen LogP contribution in [0.25, 0.3) is 0 Å². The minimum atomic E-state index is -0.0408. The van der Waals surface area contributed by atoms with Crippen molar-refractivity contribution in [2.24, 2.45) is 5.73 Å². The summed E-state index contributed by atoms with van der Waals surface area (Å²) in [5.74, 6) is 1.34. The van der Waals surface area contributed by atoms with E-state index < -0.39 is 0 Å². The van der Waals surface area contributed by atoms with Crippen molar-refractivity contribution in [3.8, 4) is 11.5 Å². The van der Waals surface area contributed by atoms with Gasteiger partial charge in [0.15, 0.2) is 0 Å². The van der Waals surface area contributed by atoms with Crippen molar-refractivity contribution >= 4 is 11.6 Å². The molecule has 1 aromatic rings. The average molecular weight is 216 g/mol. The van der Waals surface area contributed by atoms with Gasteiger partial charge in [-0.3, -0.25) is 0 Å². The fourth-order valence-electron chi connectivity index (χ4n) is 0.969. The van der Waals surface area contributed by atoms with Gasteiger partial charge in [0.1, 0.15) is 17.6 Å². The van der Waals surface area contributed by atoms with Crippen molar-refractivity contribution < 1.29 is 9.47 Å². The van der Waals surface area contributed by atoms with Gasteiger partial charge < -0.3 is 15.2 Å². The Balaban J connectivity index is 2.78. The Bertz CT molecular complexity index is 304. The predicted octanol–water partition coefficient (Wildman–Crippen LogP) is 2.07. The van der Waals surface area contributed by atoms with E-state index in [4.69, 9.17) is 26.8 Å². The second-order valence-electron chi connectivity index (χ2n) is 2.96. The maximum absolute atomic E-state index is 5.96. The second-order valence-corrected chi connectivity index (χ2v) is 3.37. The van der Waals surface area contributed by atoms with Crippen LogP contribution < -0.4 is 15.2 Å². The van der Waals surface area contributed by atoms with E-state index in [2.05, 4.69) is 0 Å². The Morgan fingerprint density at radius 3 is 2.71 bits per heavy atom. The summed E-state index contributed by atoms with van der Waals surface area (Å²) in [6.45, 7) is 2.35. The molecule has 0 spiro atoms. The van der Waals surface area contributed by atoms with E-state index in [1.165, 1.54) is 0 Å². The van der Waals surface area contributed by atoms with Crippen LogP contribution in [0.3, 0.4) is 0 Å². The molecule has 0 heterocycles. The highest BCUT2D eigenvalue weighted by Gasteiger charge is 2.06. The number of methoxy groups -OCH3 is 1. The lowest BCUT2D eigenvalue weighted by Gasteiger charge is -2.14. The molecule has 0 aliphatic rings. The van der Waals surface area contributed by atoms with E-state index in [0.29, 0.717) is 23.1 Å². The molecule has 1 unspecified atom stereocenters. The Labute approximate surface area is 88.8 Å². The summed E-state index contributed by atoms with van der Waals surface area (Å²) in [6.07, 6.45) is -0.0408. The molecule has 0 saturated carbocycles. The van der Waals surface area contributed by atoms with Crippen LogP contribution in [-0.2, 0) is 0 Å². The van der Waals surface area contributed by atoms with E-state index in [0.717, 1.165) is 0 Å². The molecule has 0 aliphatic carbocycles. The van der Waals surface area contributed by atoms with E-state index >= 15 is 0 Å². The van der Waals surface area contributed by atoms with Gasteiger partial charge in [0.05, 0.1) is 12.1 Å². The predicted molar refractivity (Wildman–Crippen MR) is 57.1 cm³/mol. The van der Waals surface area contributed by atoms with Crippen molar-refractivity contribution in [2.45, 2.75) is 13.0 Å². The third kappa shape index (κ3) is 2.79. The van der Waals surface area contributed by atoms with E-state index in [-0.39, 0.29) is 6.10 Å². The first-order valence-electron chi connectivity index (χ1n) is 4.37. The SMILES string of the molecule is COc1ccc(OC(C)CN)c(Cl)c1. The minimum Gasteiger partial charge on any atom is -0.497 e. The minimum absolute atomic E-state index is 0.0408. The van der Waals surface area contributed by atoms with Gasteiger partial charge >= 0.3 is 0 Å². The molecule has 0 aromatic heterocycles. The number of rotatable bonds is 4. The maximum atomic E-state index is 5.96. The standard InChI is InChI=1S/C10H14ClNO2/c1-7(6-12)14-10-4-3-8(13-2)5-9(10)11/h3-5,7H,6,12H2,1-2H3. The Kier molecular flexibility index (Phi) is 4.04. The summed E-state index contributed by atoms with van der Waals surface area (Å²) in [5.41, 5.74) is 5.43. The smallest absolute Gasteiger partial charge is 0.138 e. The molecular formula is C10H14ClNO2. The second kappa shape index (κ2) is 5.08. The van der Waals surface area contributed by atoms with Gasteiger partial charge in [0.25, 0.3) is 0 Å². The first-order chi connectivity index (χ1) is 6.67. The molecule has 14 heavy (non-hydrogen) atoms. The number of hydrogen-bond donors (Lipinski definition) is 1. The van der Waals surface area contributed by atoms with Gasteiger partial charge in [-0.1, -0.05) is 11.6 Å². The number of nitrogens with two attached hydrogens (primary N) is 1. The van der Waals surface area contributed by atoms with Gasteiger partial charge in [0.2, 0.25) is 0 Å². The van der Waals surface area contributed by atoms with Gasteiger partial charge in [0, 0.05) is 12.6 Å². The molecule has 78 valence electrons. The van der Waals surface area contributed by atoms with Gasteiger partial charge in [-0.15, -0.1) is 0 Å². The normalized spacial score (nSPS) is 12.3.